The highest BCUT2D eigenvalue weighted by atomic mass is 16.5. The van der Waals surface area contributed by atoms with Crippen LogP contribution in [0.25, 0.3) is 0 Å². The van der Waals surface area contributed by atoms with Crippen LogP contribution in [0.2, 0.25) is 0 Å². The molecule has 0 unspecified atom stereocenters. The van der Waals surface area contributed by atoms with Gasteiger partial charge in [0.05, 0.1) is 31.1 Å². The van der Waals surface area contributed by atoms with Crippen LogP contribution in [0.4, 0.5) is 0 Å². The van der Waals surface area contributed by atoms with Crippen molar-refractivity contribution in [2.45, 2.75) is 31.5 Å². The van der Waals surface area contributed by atoms with Crippen molar-refractivity contribution < 1.29 is 19.4 Å². The van der Waals surface area contributed by atoms with E-state index >= 15 is 0 Å². The number of aromatic nitrogens is 1. The third-order valence-electron chi connectivity index (χ3n) is 6.22. The summed E-state index contributed by atoms with van der Waals surface area (Å²) in [7, 11) is 0. The van der Waals surface area contributed by atoms with Crippen LogP contribution >= 0.6 is 0 Å². The number of ether oxygens (including phenoxy) is 2. The van der Waals surface area contributed by atoms with Crippen LogP contribution in [0, 0.1) is 0 Å². The number of morpholine rings is 1. The van der Waals surface area contributed by atoms with Gasteiger partial charge in [0.25, 0.3) is 5.91 Å². The van der Waals surface area contributed by atoms with E-state index in [2.05, 4.69) is 20.1 Å². The molecule has 8 nitrogen and oxygen atoms in total. The molecule has 2 aliphatic rings. The van der Waals surface area contributed by atoms with Crippen LogP contribution in [0.5, 0.6) is 5.75 Å². The van der Waals surface area contributed by atoms with Crippen molar-refractivity contribution in [3.63, 3.8) is 0 Å². The first-order valence-corrected chi connectivity index (χ1v) is 11.8. The van der Waals surface area contributed by atoms with Crippen molar-refractivity contribution in [2.24, 2.45) is 0 Å². The molecule has 2 aromatic rings. The molecule has 2 saturated heterocycles. The molecule has 1 amide bonds. The predicted octanol–water partition coefficient (Wildman–Crippen LogP) is 1.55. The maximum absolute atomic E-state index is 12.9. The monoisotopic (exact) mass is 454 g/mol. The molecular weight excluding hydrogens is 420 g/mol. The molecule has 3 heterocycles. The van der Waals surface area contributed by atoms with Crippen molar-refractivity contribution in [2.75, 3.05) is 52.5 Å². The van der Waals surface area contributed by atoms with Crippen molar-refractivity contribution in [3.8, 4) is 5.75 Å². The van der Waals surface area contributed by atoms with Crippen molar-refractivity contribution in [3.05, 3.63) is 59.9 Å². The van der Waals surface area contributed by atoms with Gasteiger partial charge in [-0.3, -0.25) is 19.6 Å². The summed E-state index contributed by atoms with van der Waals surface area (Å²) in [5, 5.41) is 13.6. The zero-order valence-electron chi connectivity index (χ0n) is 19.1. The van der Waals surface area contributed by atoms with Gasteiger partial charge in [-0.05, 0) is 55.8 Å². The molecule has 0 aliphatic carbocycles. The predicted molar refractivity (Wildman–Crippen MR) is 125 cm³/mol. The molecule has 8 heteroatoms. The van der Waals surface area contributed by atoms with Gasteiger partial charge in [0.2, 0.25) is 0 Å². The number of pyridine rings is 1. The highest BCUT2D eigenvalue weighted by molar-refractivity contribution is 5.94. The number of likely N-dealkylation sites (tertiary alicyclic amines) is 1. The normalized spacial score (nSPS) is 22.5. The van der Waals surface area contributed by atoms with Crippen LogP contribution in [0.1, 0.15) is 28.9 Å². The number of rotatable bonds is 8. The van der Waals surface area contributed by atoms with E-state index in [0.717, 1.165) is 57.3 Å². The number of benzene rings is 1. The van der Waals surface area contributed by atoms with Gasteiger partial charge in [-0.2, -0.15) is 0 Å². The van der Waals surface area contributed by atoms with E-state index in [0.29, 0.717) is 31.7 Å². The zero-order chi connectivity index (χ0) is 22.9. The molecule has 0 bridgehead atoms. The number of aliphatic hydroxyl groups is 1. The minimum absolute atomic E-state index is 0.182. The second-order valence-corrected chi connectivity index (χ2v) is 8.67. The summed E-state index contributed by atoms with van der Waals surface area (Å²) >= 11 is 0. The highest BCUT2D eigenvalue weighted by Gasteiger charge is 2.27. The SMILES string of the molecule is O=C(N[C@@H]1CN(Cc2ccccn2)CCC[C@H]1O)c1ccc(OCCN2CCOCC2)cc1. The average molecular weight is 455 g/mol. The molecule has 1 aromatic heterocycles. The lowest BCUT2D eigenvalue weighted by atomic mass is 10.1. The fourth-order valence-electron chi connectivity index (χ4n) is 4.29. The fourth-order valence-corrected chi connectivity index (χ4v) is 4.29. The number of carbonyl (C=O) groups is 1. The van der Waals surface area contributed by atoms with E-state index in [4.69, 9.17) is 9.47 Å². The minimum atomic E-state index is -0.564. The first-order valence-electron chi connectivity index (χ1n) is 11.8. The third kappa shape index (κ3) is 7.23. The smallest absolute Gasteiger partial charge is 0.251 e. The number of nitrogens with one attached hydrogen (secondary N) is 1. The summed E-state index contributed by atoms with van der Waals surface area (Å²) in [5.41, 5.74) is 1.55. The number of hydrogen-bond acceptors (Lipinski definition) is 7. The quantitative estimate of drug-likeness (QED) is 0.626. The molecule has 1 aromatic carbocycles. The molecule has 0 spiro atoms. The first-order chi connectivity index (χ1) is 16.2. The topological polar surface area (TPSA) is 87.2 Å². The summed E-state index contributed by atoms with van der Waals surface area (Å²) in [6.07, 6.45) is 2.78. The van der Waals surface area contributed by atoms with E-state index in [-0.39, 0.29) is 11.9 Å². The molecule has 2 aliphatic heterocycles. The molecule has 0 radical (unpaired) electrons. The Bertz CT molecular complexity index is 858. The summed E-state index contributed by atoms with van der Waals surface area (Å²) in [6.45, 7) is 7.07. The van der Waals surface area contributed by atoms with Gasteiger partial charge in [-0.1, -0.05) is 6.07 Å². The maximum atomic E-state index is 12.9. The average Bonchev–Trinajstić information content (AvgIpc) is 3.01. The summed E-state index contributed by atoms with van der Waals surface area (Å²) in [4.78, 5) is 21.8. The molecule has 4 rings (SSSR count). The lowest BCUT2D eigenvalue weighted by molar-refractivity contribution is 0.0322. The third-order valence-corrected chi connectivity index (χ3v) is 6.22. The van der Waals surface area contributed by atoms with E-state index in [1.165, 1.54) is 0 Å². The Balaban J connectivity index is 1.27. The number of hydrogen-bond donors (Lipinski definition) is 2. The second-order valence-electron chi connectivity index (χ2n) is 8.67. The number of amides is 1. The molecule has 0 saturated carbocycles. The van der Waals surface area contributed by atoms with Crippen molar-refractivity contribution >= 4 is 5.91 Å². The minimum Gasteiger partial charge on any atom is -0.492 e. The Morgan fingerprint density at radius 1 is 1.12 bits per heavy atom. The Labute approximate surface area is 195 Å². The number of nitrogens with zero attached hydrogens (tertiary/aromatic N) is 3. The first kappa shape index (κ1) is 23.6. The van der Waals surface area contributed by atoms with Crippen LogP contribution in [0.15, 0.2) is 48.7 Å². The molecule has 2 N–H and O–H groups in total. The number of aliphatic hydroxyl groups excluding tert-OH is 1. The lowest BCUT2D eigenvalue weighted by Crippen LogP contribution is -2.48. The molecule has 2 fully saturated rings. The summed E-state index contributed by atoms with van der Waals surface area (Å²) in [5.74, 6) is 0.564. The van der Waals surface area contributed by atoms with Crippen LogP contribution in [-0.4, -0.2) is 90.5 Å². The van der Waals surface area contributed by atoms with Crippen molar-refractivity contribution in [1.82, 2.24) is 20.1 Å². The molecule has 178 valence electrons. The molecule has 2 atom stereocenters. The van der Waals surface area contributed by atoms with E-state index in [9.17, 15) is 9.90 Å². The van der Waals surface area contributed by atoms with Crippen LogP contribution in [0.3, 0.4) is 0 Å². The van der Waals surface area contributed by atoms with E-state index in [1.54, 1.807) is 18.3 Å². The largest absolute Gasteiger partial charge is 0.492 e. The lowest BCUT2D eigenvalue weighted by Gasteiger charge is -2.27. The van der Waals surface area contributed by atoms with Gasteiger partial charge in [0, 0.05) is 44.5 Å². The molecule has 33 heavy (non-hydrogen) atoms. The van der Waals surface area contributed by atoms with Crippen LogP contribution < -0.4 is 10.1 Å². The van der Waals surface area contributed by atoms with Gasteiger partial charge < -0.3 is 19.9 Å². The van der Waals surface area contributed by atoms with E-state index < -0.39 is 6.10 Å². The number of carbonyl (C=O) groups excluding carboxylic acids is 1. The van der Waals surface area contributed by atoms with Gasteiger partial charge in [0.15, 0.2) is 0 Å². The van der Waals surface area contributed by atoms with Crippen molar-refractivity contribution in [1.29, 1.82) is 0 Å². The van der Waals surface area contributed by atoms with Gasteiger partial charge in [0.1, 0.15) is 12.4 Å². The Morgan fingerprint density at radius 3 is 2.70 bits per heavy atom. The van der Waals surface area contributed by atoms with E-state index in [1.807, 2.05) is 30.3 Å². The zero-order valence-corrected chi connectivity index (χ0v) is 19.1. The van der Waals surface area contributed by atoms with Gasteiger partial charge in [-0.15, -0.1) is 0 Å². The second kappa shape index (κ2) is 12.1. The molecular formula is C25H34N4O4. The Hall–Kier alpha value is -2.52. The van der Waals surface area contributed by atoms with Gasteiger partial charge >= 0.3 is 0 Å². The Morgan fingerprint density at radius 2 is 1.94 bits per heavy atom. The highest BCUT2D eigenvalue weighted by Crippen LogP contribution is 2.16. The van der Waals surface area contributed by atoms with Crippen LogP contribution in [-0.2, 0) is 11.3 Å². The standard InChI is InChI=1S/C25H34N4O4/c30-24-5-3-11-29(18-21-4-1-2-10-26-21)19-23(24)27-25(31)20-6-8-22(9-7-20)33-17-14-28-12-15-32-16-13-28/h1-2,4,6-10,23-24,30H,3,5,11-19H2,(H,27,31)/t23-,24-/m1/s1. The Kier molecular flexibility index (Phi) is 8.65. The fraction of sp³-hybridized carbons (Fsp3) is 0.520. The summed E-state index contributed by atoms with van der Waals surface area (Å²) < 4.78 is 11.2. The maximum Gasteiger partial charge on any atom is 0.251 e. The summed E-state index contributed by atoms with van der Waals surface area (Å²) in [6, 6.07) is 12.7. The van der Waals surface area contributed by atoms with Gasteiger partial charge in [-0.25, -0.2) is 0 Å².